The Morgan fingerprint density at radius 2 is 1.93 bits per heavy atom. The maximum absolute atomic E-state index is 13.6. The topological polar surface area (TPSA) is 84.5 Å². The van der Waals surface area contributed by atoms with Crippen LogP contribution in [0.5, 0.6) is 0 Å². The molecule has 2 aliphatic heterocycles. The highest BCUT2D eigenvalue weighted by Gasteiger charge is 2.45. The van der Waals surface area contributed by atoms with Crippen LogP contribution in [-0.2, 0) is 4.74 Å². The van der Waals surface area contributed by atoms with Gasteiger partial charge in [-0.1, -0.05) is 12.2 Å². The second kappa shape index (κ2) is 6.83. The van der Waals surface area contributed by atoms with Gasteiger partial charge in [-0.25, -0.2) is 8.78 Å². The highest BCUT2D eigenvalue weighted by atomic mass is 19.1. The number of benzene rings is 2. The molecular weight excluding hydrogens is 390 g/mol. The smallest absolute Gasteiger partial charge is 0.272 e. The number of rotatable bonds is 3. The van der Waals surface area contributed by atoms with Crippen molar-refractivity contribution < 1.29 is 18.3 Å². The van der Waals surface area contributed by atoms with Crippen LogP contribution in [0.3, 0.4) is 0 Å². The van der Waals surface area contributed by atoms with E-state index in [2.05, 4.69) is 10.3 Å². The molecular formula is C22H14F2N4O2. The number of carbonyl (C=O) groups excluding carboxylic acids is 1. The van der Waals surface area contributed by atoms with Crippen molar-refractivity contribution in [2.45, 2.75) is 12.3 Å². The van der Waals surface area contributed by atoms with Gasteiger partial charge in [0.2, 0.25) is 0 Å². The Bertz CT molecular complexity index is 1230. The van der Waals surface area contributed by atoms with E-state index in [1.165, 1.54) is 18.2 Å². The number of epoxide rings is 1. The van der Waals surface area contributed by atoms with Gasteiger partial charge < -0.3 is 15.0 Å². The molecule has 6 nitrogen and oxygen atoms in total. The Labute approximate surface area is 170 Å². The van der Waals surface area contributed by atoms with Gasteiger partial charge in [0.25, 0.3) is 5.91 Å². The first kappa shape index (κ1) is 18.1. The average molecular weight is 404 g/mol. The molecule has 0 radical (unpaired) electrons. The standard InChI is InChI=1S/C22H14F2N4O2/c23-14-2-4-17(5-3-14)28-20-13(1-6-19-22(28)30-19)9-18(27-20)21(29)26-16-8-12(11-25)7-15(24)10-16/h1-10,19,22,27H,(H,26,29). The van der Waals surface area contributed by atoms with Gasteiger partial charge in [0, 0.05) is 16.9 Å². The van der Waals surface area contributed by atoms with Gasteiger partial charge in [-0.2, -0.15) is 5.26 Å². The van der Waals surface area contributed by atoms with E-state index >= 15 is 0 Å². The van der Waals surface area contributed by atoms with Gasteiger partial charge in [-0.3, -0.25) is 9.69 Å². The molecule has 2 N–H and O–H groups in total. The van der Waals surface area contributed by atoms with Crippen LogP contribution in [0.15, 0.2) is 54.6 Å². The van der Waals surface area contributed by atoms with Crippen molar-refractivity contribution in [2.75, 3.05) is 10.2 Å². The predicted molar refractivity (Wildman–Crippen MR) is 106 cm³/mol. The molecule has 2 atom stereocenters. The molecule has 30 heavy (non-hydrogen) atoms. The van der Waals surface area contributed by atoms with Crippen molar-refractivity contribution in [1.82, 2.24) is 4.98 Å². The van der Waals surface area contributed by atoms with Gasteiger partial charge in [0.05, 0.1) is 11.6 Å². The molecule has 1 saturated heterocycles. The predicted octanol–water partition coefficient (Wildman–Crippen LogP) is 4.31. The number of hydrogen-bond acceptors (Lipinski definition) is 4. The lowest BCUT2D eigenvalue weighted by molar-refractivity contribution is 0.102. The van der Waals surface area contributed by atoms with Gasteiger partial charge >= 0.3 is 0 Å². The first-order chi connectivity index (χ1) is 14.5. The van der Waals surface area contributed by atoms with Gasteiger partial charge in [0.1, 0.15) is 29.3 Å². The number of fused-ring (bicyclic) bond motifs is 2. The number of anilines is 3. The zero-order valence-electron chi connectivity index (χ0n) is 15.4. The summed E-state index contributed by atoms with van der Waals surface area (Å²) in [5.74, 6) is -0.823. The van der Waals surface area contributed by atoms with Crippen LogP contribution >= 0.6 is 0 Å². The number of amides is 1. The molecule has 5 rings (SSSR count). The molecule has 3 heterocycles. The quantitative estimate of drug-likeness (QED) is 0.638. The summed E-state index contributed by atoms with van der Waals surface area (Å²) >= 11 is 0. The molecule has 0 bridgehead atoms. The van der Waals surface area contributed by atoms with Crippen molar-refractivity contribution >= 4 is 29.2 Å². The Kier molecular flexibility index (Phi) is 4.12. The van der Waals surface area contributed by atoms with Crippen LogP contribution in [0, 0.1) is 23.0 Å². The van der Waals surface area contributed by atoms with E-state index < -0.39 is 11.7 Å². The summed E-state index contributed by atoms with van der Waals surface area (Å²) in [6.45, 7) is 0. The molecule has 1 fully saturated rings. The summed E-state index contributed by atoms with van der Waals surface area (Å²) in [5.41, 5.74) is 2.01. The summed E-state index contributed by atoms with van der Waals surface area (Å²) in [7, 11) is 0. The first-order valence-electron chi connectivity index (χ1n) is 9.15. The zero-order chi connectivity index (χ0) is 20.8. The number of hydrogen-bond donors (Lipinski definition) is 2. The average Bonchev–Trinajstić information content (AvgIpc) is 3.39. The minimum atomic E-state index is -0.617. The molecule has 1 amide bonds. The Morgan fingerprint density at radius 3 is 2.70 bits per heavy atom. The van der Waals surface area contributed by atoms with E-state index in [0.29, 0.717) is 11.5 Å². The lowest BCUT2D eigenvalue weighted by Crippen LogP contribution is -2.23. The molecule has 0 spiro atoms. The fraction of sp³-hybridized carbons (Fsp3) is 0.0909. The van der Waals surface area contributed by atoms with Gasteiger partial charge in [-0.15, -0.1) is 0 Å². The molecule has 2 aliphatic rings. The number of nitriles is 1. The SMILES string of the molecule is N#Cc1cc(F)cc(NC(=O)c2cc3c([nH]2)N(c2ccc(F)cc2)C2OC2C=C3)c1. The Morgan fingerprint density at radius 1 is 1.13 bits per heavy atom. The third kappa shape index (κ3) is 3.21. The number of aromatic amines is 1. The van der Waals surface area contributed by atoms with Crippen LogP contribution in [0.2, 0.25) is 0 Å². The Balaban J connectivity index is 1.48. The number of H-pyrrole nitrogens is 1. The van der Waals surface area contributed by atoms with Crippen LogP contribution in [0.25, 0.3) is 6.08 Å². The van der Waals surface area contributed by atoms with Crippen LogP contribution in [-0.4, -0.2) is 23.2 Å². The van der Waals surface area contributed by atoms with Crippen molar-refractivity contribution in [2.24, 2.45) is 0 Å². The van der Waals surface area contributed by atoms with E-state index in [-0.39, 0.29) is 35.1 Å². The highest BCUT2D eigenvalue weighted by molar-refractivity contribution is 6.04. The van der Waals surface area contributed by atoms with Crippen LogP contribution in [0.4, 0.5) is 26.0 Å². The summed E-state index contributed by atoms with van der Waals surface area (Å²) in [5, 5.41) is 11.6. The van der Waals surface area contributed by atoms with Gasteiger partial charge in [-0.05, 0) is 48.5 Å². The fourth-order valence-electron chi connectivity index (χ4n) is 3.50. The molecule has 3 aromatic rings. The first-order valence-corrected chi connectivity index (χ1v) is 9.15. The fourth-order valence-corrected chi connectivity index (χ4v) is 3.50. The van der Waals surface area contributed by atoms with Crippen LogP contribution < -0.4 is 10.2 Å². The van der Waals surface area contributed by atoms with Crippen molar-refractivity contribution in [3.8, 4) is 6.07 Å². The number of nitrogens with zero attached hydrogens (tertiary/aromatic N) is 2. The number of halogens is 2. The lowest BCUT2D eigenvalue weighted by atomic mass is 10.2. The van der Waals surface area contributed by atoms with E-state index in [9.17, 15) is 13.6 Å². The van der Waals surface area contributed by atoms with E-state index in [1.54, 1.807) is 18.2 Å². The molecule has 1 aromatic heterocycles. The normalized spacial score (nSPS) is 18.8. The maximum Gasteiger partial charge on any atom is 0.272 e. The minimum Gasteiger partial charge on any atom is -0.343 e. The molecule has 0 saturated carbocycles. The summed E-state index contributed by atoms with van der Waals surface area (Å²) in [6.07, 6.45) is 3.40. The molecule has 0 aliphatic carbocycles. The highest BCUT2D eigenvalue weighted by Crippen LogP contribution is 2.42. The number of aromatic nitrogens is 1. The molecule has 8 heteroatoms. The molecule has 2 unspecified atom stereocenters. The zero-order valence-corrected chi connectivity index (χ0v) is 15.4. The van der Waals surface area contributed by atoms with Crippen molar-refractivity contribution in [3.05, 3.63) is 83.1 Å². The third-order valence-corrected chi connectivity index (χ3v) is 4.92. The molecule has 2 aromatic carbocycles. The minimum absolute atomic E-state index is 0.0928. The maximum atomic E-state index is 13.6. The monoisotopic (exact) mass is 404 g/mol. The summed E-state index contributed by atoms with van der Waals surface area (Å²) in [4.78, 5) is 17.7. The largest absolute Gasteiger partial charge is 0.343 e. The third-order valence-electron chi connectivity index (χ3n) is 4.92. The number of ether oxygens (including phenoxy) is 1. The summed E-state index contributed by atoms with van der Waals surface area (Å²) < 4.78 is 32.7. The summed E-state index contributed by atoms with van der Waals surface area (Å²) in [6, 6.07) is 13.1. The van der Waals surface area contributed by atoms with E-state index in [1.807, 2.05) is 23.1 Å². The second-order valence-corrected chi connectivity index (χ2v) is 6.98. The lowest BCUT2D eigenvalue weighted by Gasteiger charge is -2.22. The molecule has 148 valence electrons. The van der Waals surface area contributed by atoms with Gasteiger partial charge in [0.15, 0.2) is 6.23 Å². The Hall–Kier alpha value is -3.96. The van der Waals surface area contributed by atoms with E-state index in [4.69, 9.17) is 10.00 Å². The van der Waals surface area contributed by atoms with E-state index in [0.717, 1.165) is 17.7 Å². The number of nitrogens with one attached hydrogen (secondary N) is 2. The number of carbonyl (C=O) groups is 1. The van der Waals surface area contributed by atoms with Crippen LogP contribution in [0.1, 0.15) is 21.6 Å². The van der Waals surface area contributed by atoms with Crippen molar-refractivity contribution in [1.29, 1.82) is 5.26 Å². The second-order valence-electron chi connectivity index (χ2n) is 6.98. The van der Waals surface area contributed by atoms with Crippen molar-refractivity contribution in [3.63, 3.8) is 0 Å².